The van der Waals surface area contributed by atoms with Gasteiger partial charge in [-0.25, -0.2) is 17.9 Å². The van der Waals surface area contributed by atoms with Crippen LogP contribution in [0.3, 0.4) is 0 Å². The van der Waals surface area contributed by atoms with Gasteiger partial charge in [0.15, 0.2) is 0 Å². The van der Waals surface area contributed by atoms with E-state index in [4.69, 9.17) is 5.11 Å². The number of rotatable bonds is 7. The van der Waals surface area contributed by atoms with Crippen LogP contribution in [0.5, 0.6) is 0 Å². The number of piperazine rings is 1. The molecule has 1 aliphatic heterocycles. The van der Waals surface area contributed by atoms with Crippen LogP contribution in [0.1, 0.15) is 29.8 Å². The van der Waals surface area contributed by atoms with E-state index in [9.17, 15) is 13.2 Å². The number of sulfonamides is 1. The maximum Gasteiger partial charge on any atom is 0.335 e. The number of nitrogens with zero attached hydrogens (tertiary/aromatic N) is 2. The van der Waals surface area contributed by atoms with Crippen molar-refractivity contribution in [3.05, 3.63) is 29.3 Å². The second kappa shape index (κ2) is 8.47. The molecule has 1 fully saturated rings. The second-order valence-corrected chi connectivity index (χ2v) is 9.05. The van der Waals surface area contributed by atoms with Crippen molar-refractivity contribution >= 4 is 16.0 Å². The summed E-state index contributed by atoms with van der Waals surface area (Å²) in [4.78, 5) is 15.8. The van der Waals surface area contributed by atoms with Gasteiger partial charge in [0.1, 0.15) is 0 Å². The summed E-state index contributed by atoms with van der Waals surface area (Å²) >= 11 is 0. The Hall–Kier alpha value is -1.48. The van der Waals surface area contributed by atoms with Crippen LogP contribution in [0.25, 0.3) is 0 Å². The predicted molar refractivity (Wildman–Crippen MR) is 101 cm³/mol. The zero-order valence-electron chi connectivity index (χ0n) is 15.9. The van der Waals surface area contributed by atoms with E-state index >= 15 is 0 Å². The molecule has 2 N–H and O–H groups in total. The molecule has 1 unspecified atom stereocenters. The first-order valence-corrected chi connectivity index (χ1v) is 10.4. The van der Waals surface area contributed by atoms with Crippen molar-refractivity contribution < 1.29 is 18.3 Å². The van der Waals surface area contributed by atoms with Crippen LogP contribution in [0.4, 0.5) is 0 Å². The number of hydrogen-bond donors (Lipinski definition) is 2. The molecule has 146 valence electrons. The summed E-state index contributed by atoms with van der Waals surface area (Å²) in [6.45, 7) is 9.94. The summed E-state index contributed by atoms with van der Waals surface area (Å²) in [7, 11) is -1.59. The Balaban J connectivity index is 2.10. The zero-order chi connectivity index (χ0) is 19.5. The molecule has 1 aliphatic rings. The van der Waals surface area contributed by atoms with Crippen LogP contribution in [0.15, 0.2) is 23.1 Å². The van der Waals surface area contributed by atoms with Crippen LogP contribution in [0.2, 0.25) is 0 Å². The number of aromatic carboxylic acids is 1. The van der Waals surface area contributed by atoms with Gasteiger partial charge in [0.05, 0.1) is 10.5 Å². The van der Waals surface area contributed by atoms with E-state index < -0.39 is 16.0 Å². The lowest BCUT2D eigenvalue weighted by Crippen LogP contribution is -2.54. The van der Waals surface area contributed by atoms with Crippen LogP contribution in [0, 0.1) is 12.8 Å². The SMILES string of the molecule is Cc1cc(S(=O)(=O)NCC(C(C)C)N2CCN(C)CC2)ccc1C(=O)O. The highest BCUT2D eigenvalue weighted by Gasteiger charge is 2.27. The molecule has 0 aromatic heterocycles. The highest BCUT2D eigenvalue weighted by Crippen LogP contribution is 2.17. The van der Waals surface area contributed by atoms with E-state index in [1.54, 1.807) is 6.92 Å². The monoisotopic (exact) mass is 383 g/mol. The predicted octanol–water partition coefficient (Wildman–Crippen LogP) is 1.24. The van der Waals surface area contributed by atoms with E-state index in [2.05, 4.69) is 35.4 Å². The molecular weight excluding hydrogens is 354 g/mol. The van der Waals surface area contributed by atoms with E-state index in [0.29, 0.717) is 18.0 Å². The van der Waals surface area contributed by atoms with Gasteiger partial charge in [0, 0.05) is 38.8 Å². The first-order valence-electron chi connectivity index (χ1n) is 8.88. The molecule has 1 aromatic carbocycles. The van der Waals surface area contributed by atoms with Gasteiger partial charge in [-0.15, -0.1) is 0 Å². The largest absolute Gasteiger partial charge is 0.478 e. The Morgan fingerprint density at radius 1 is 1.23 bits per heavy atom. The molecule has 1 aromatic rings. The summed E-state index contributed by atoms with van der Waals surface area (Å²) < 4.78 is 28.0. The van der Waals surface area contributed by atoms with Gasteiger partial charge in [-0.1, -0.05) is 13.8 Å². The van der Waals surface area contributed by atoms with Crippen molar-refractivity contribution in [1.82, 2.24) is 14.5 Å². The molecule has 0 bridgehead atoms. The maximum absolute atomic E-state index is 12.6. The summed E-state index contributed by atoms with van der Waals surface area (Å²) in [5.74, 6) is -0.744. The van der Waals surface area contributed by atoms with E-state index in [1.807, 2.05) is 0 Å². The normalized spacial score (nSPS) is 18.2. The smallest absolute Gasteiger partial charge is 0.335 e. The number of carboxylic acids is 1. The average molecular weight is 384 g/mol. The van der Waals surface area contributed by atoms with Gasteiger partial charge < -0.3 is 10.0 Å². The molecule has 1 saturated heterocycles. The van der Waals surface area contributed by atoms with Crippen molar-refractivity contribution in [2.75, 3.05) is 39.8 Å². The summed E-state index contributed by atoms with van der Waals surface area (Å²) in [5.41, 5.74) is 0.543. The third kappa shape index (κ3) is 5.03. The Kier molecular flexibility index (Phi) is 6.79. The number of carboxylic acid groups (broad SMARTS) is 1. The number of likely N-dealkylation sites (N-methyl/N-ethyl adjacent to an activating group) is 1. The fourth-order valence-corrected chi connectivity index (χ4v) is 4.40. The Morgan fingerprint density at radius 3 is 2.35 bits per heavy atom. The number of nitrogens with one attached hydrogen (secondary N) is 1. The van der Waals surface area contributed by atoms with Gasteiger partial charge in [-0.05, 0) is 43.7 Å². The van der Waals surface area contributed by atoms with Crippen LogP contribution in [-0.2, 0) is 10.0 Å². The highest BCUT2D eigenvalue weighted by atomic mass is 32.2. The topological polar surface area (TPSA) is 90.0 Å². The van der Waals surface area contributed by atoms with Gasteiger partial charge >= 0.3 is 5.97 Å². The van der Waals surface area contributed by atoms with Crippen molar-refractivity contribution in [1.29, 1.82) is 0 Å². The summed E-state index contributed by atoms with van der Waals surface area (Å²) in [5, 5.41) is 9.09. The van der Waals surface area contributed by atoms with Gasteiger partial charge in [0.25, 0.3) is 0 Å². The van der Waals surface area contributed by atoms with Crippen LogP contribution >= 0.6 is 0 Å². The summed E-state index contributed by atoms with van der Waals surface area (Å²) in [6, 6.07) is 4.22. The van der Waals surface area contributed by atoms with Crippen LogP contribution < -0.4 is 4.72 Å². The van der Waals surface area contributed by atoms with E-state index in [-0.39, 0.29) is 16.5 Å². The lowest BCUT2D eigenvalue weighted by Gasteiger charge is -2.39. The first-order chi connectivity index (χ1) is 12.1. The van der Waals surface area contributed by atoms with Crippen molar-refractivity contribution in [3.63, 3.8) is 0 Å². The molecule has 8 heteroatoms. The molecular formula is C18H29N3O4S. The Morgan fingerprint density at radius 2 is 1.85 bits per heavy atom. The fourth-order valence-electron chi connectivity index (χ4n) is 3.26. The number of carbonyl (C=O) groups is 1. The molecule has 1 atom stereocenters. The fraction of sp³-hybridized carbons (Fsp3) is 0.611. The van der Waals surface area contributed by atoms with Gasteiger partial charge in [-0.2, -0.15) is 0 Å². The van der Waals surface area contributed by atoms with Gasteiger partial charge in [-0.3, -0.25) is 4.90 Å². The number of hydrogen-bond acceptors (Lipinski definition) is 5. The molecule has 0 radical (unpaired) electrons. The van der Waals surface area contributed by atoms with Crippen molar-refractivity contribution in [2.24, 2.45) is 5.92 Å². The quantitative estimate of drug-likeness (QED) is 0.736. The Bertz CT molecular complexity index is 741. The third-order valence-corrected chi connectivity index (χ3v) is 6.42. The molecule has 2 rings (SSSR count). The minimum atomic E-state index is -3.68. The van der Waals surface area contributed by atoms with Crippen molar-refractivity contribution in [3.8, 4) is 0 Å². The maximum atomic E-state index is 12.6. The zero-order valence-corrected chi connectivity index (χ0v) is 16.7. The molecule has 0 aliphatic carbocycles. The molecule has 0 saturated carbocycles. The number of benzene rings is 1. The molecule has 7 nitrogen and oxygen atoms in total. The average Bonchev–Trinajstić information content (AvgIpc) is 2.55. The molecule has 1 heterocycles. The minimum Gasteiger partial charge on any atom is -0.478 e. The summed E-state index contributed by atoms with van der Waals surface area (Å²) in [6.07, 6.45) is 0. The van der Waals surface area contributed by atoms with E-state index in [0.717, 1.165) is 26.2 Å². The first kappa shape index (κ1) is 20.8. The molecule has 0 spiro atoms. The minimum absolute atomic E-state index is 0.0980. The lowest BCUT2D eigenvalue weighted by atomic mass is 10.0. The van der Waals surface area contributed by atoms with Crippen molar-refractivity contribution in [2.45, 2.75) is 31.7 Å². The highest BCUT2D eigenvalue weighted by molar-refractivity contribution is 7.89. The molecule has 26 heavy (non-hydrogen) atoms. The number of aryl methyl sites for hydroxylation is 1. The molecule has 0 amide bonds. The third-order valence-electron chi connectivity index (χ3n) is 5.00. The lowest BCUT2D eigenvalue weighted by molar-refractivity contribution is 0.0696. The second-order valence-electron chi connectivity index (χ2n) is 7.28. The van der Waals surface area contributed by atoms with Crippen LogP contribution in [-0.4, -0.2) is 75.1 Å². The Labute approximate surface area is 156 Å². The standard InChI is InChI=1S/C18H29N3O4S/c1-13(2)17(21-9-7-20(4)8-10-21)12-19-26(24,25)15-5-6-16(18(22)23)14(3)11-15/h5-6,11,13,17,19H,7-10,12H2,1-4H3,(H,22,23). The van der Waals surface area contributed by atoms with E-state index in [1.165, 1.54) is 18.2 Å². The van der Waals surface area contributed by atoms with Gasteiger partial charge in [0.2, 0.25) is 10.0 Å².